The van der Waals surface area contributed by atoms with Crippen molar-refractivity contribution < 1.29 is 9.53 Å². The normalized spacial score (nSPS) is 9.09. The van der Waals surface area contributed by atoms with Crippen LogP contribution >= 0.6 is 0 Å². The van der Waals surface area contributed by atoms with Crippen molar-refractivity contribution in [3.8, 4) is 0 Å². The highest BCUT2D eigenvalue weighted by molar-refractivity contribution is 5.88. The van der Waals surface area contributed by atoms with Crippen LogP contribution in [0.5, 0.6) is 0 Å². The van der Waals surface area contributed by atoms with E-state index >= 15 is 0 Å². The van der Waals surface area contributed by atoms with Crippen LogP contribution in [-0.4, -0.2) is 12.6 Å². The third-order valence-corrected chi connectivity index (χ3v) is 1.26. The van der Waals surface area contributed by atoms with Crippen molar-refractivity contribution in [1.29, 1.82) is 0 Å². The highest BCUT2D eigenvalue weighted by Crippen LogP contribution is 2.08. The van der Waals surface area contributed by atoms with Gasteiger partial charge in [0.15, 0.2) is 0 Å². The minimum Gasteiger partial charge on any atom is -0.462 e. The molecule has 2 nitrogen and oxygen atoms in total. The molecule has 0 aliphatic carbocycles. The molecule has 0 heterocycles. The van der Waals surface area contributed by atoms with E-state index in [0.717, 1.165) is 0 Å². The maximum absolute atomic E-state index is 11.1. The second-order valence-electron chi connectivity index (χ2n) is 2.47. The summed E-state index contributed by atoms with van der Waals surface area (Å²) in [5.74, 6) is -0.177. The van der Waals surface area contributed by atoms with E-state index in [9.17, 15) is 4.79 Å². The molecule has 0 aliphatic rings. The molecule has 11 heavy (non-hydrogen) atoms. The average Bonchev–Trinajstić information content (AvgIpc) is 1.88. The molecule has 62 valence electrons. The molecule has 0 fully saturated rings. The Morgan fingerprint density at radius 1 is 1.64 bits per heavy atom. The molecule has 0 amide bonds. The lowest BCUT2D eigenvalue weighted by Gasteiger charge is -2.06. The summed E-state index contributed by atoms with van der Waals surface area (Å²) in [6.07, 6.45) is 0. The summed E-state index contributed by atoms with van der Waals surface area (Å²) < 4.78 is 4.78. The van der Waals surface area contributed by atoms with Gasteiger partial charge in [-0.25, -0.2) is 4.79 Å². The lowest BCUT2D eigenvalue weighted by molar-refractivity contribution is -0.139. The molecule has 0 aromatic carbocycles. The van der Waals surface area contributed by atoms with E-state index in [-0.39, 0.29) is 11.9 Å². The van der Waals surface area contributed by atoms with Crippen LogP contribution in [0.15, 0.2) is 17.9 Å². The molecule has 0 spiro atoms. The molecule has 2 heteroatoms. The van der Waals surface area contributed by atoms with Crippen LogP contribution in [0.25, 0.3) is 0 Å². The van der Waals surface area contributed by atoms with Gasteiger partial charge in [0.25, 0.3) is 0 Å². The van der Waals surface area contributed by atoms with Crippen molar-refractivity contribution in [1.82, 2.24) is 0 Å². The zero-order valence-corrected chi connectivity index (χ0v) is 7.31. The van der Waals surface area contributed by atoms with Gasteiger partial charge < -0.3 is 4.74 Å². The summed E-state index contributed by atoms with van der Waals surface area (Å²) in [7, 11) is 0. The molecule has 0 saturated heterocycles. The molecule has 0 bridgehead atoms. The first-order valence-electron chi connectivity index (χ1n) is 3.70. The van der Waals surface area contributed by atoms with Crippen molar-refractivity contribution in [2.45, 2.75) is 20.8 Å². The van der Waals surface area contributed by atoms with Crippen molar-refractivity contribution in [3.63, 3.8) is 0 Å². The van der Waals surface area contributed by atoms with Crippen LogP contribution in [-0.2, 0) is 9.53 Å². The van der Waals surface area contributed by atoms with E-state index in [4.69, 9.17) is 4.74 Å². The minimum absolute atomic E-state index is 0.131. The fourth-order valence-electron chi connectivity index (χ4n) is 0.721. The Labute approximate surface area is 67.6 Å². The minimum atomic E-state index is -0.308. The zero-order chi connectivity index (χ0) is 8.85. The number of ether oxygens (including phenoxy) is 1. The predicted octanol–water partition coefficient (Wildman–Crippen LogP) is 1.92. The Kier molecular flexibility index (Phi) is 4.32. The first-order chi connectivity index (χ1) is 5.13. The summed E-state index contributed by atoms with van der Waals surface area (Å²) in [5, 5.41) is 0. The maximum Gasteiger partial charge on any atom is 0.342 e. The average molecular weight is 154 g/mol. The Morgan fingerprint density at radius 2 is 2.18 bits per heavy atom. The van der Waals surface area contributed by atoms with Gasteiger partial charge in [0, 0.05) is 0 Å². The van der Waals surface area contributed by atoms with Crippen molar-refractivity contribution in [2.24, 2.45) is 5.92 Å². The largest absolute Gasteiger partial charge is 0.462 e. The van der Waals surface area contributed by atoms with E-state index in [1.54, 1.807) is 6.92 Å². The zero-order valence-electron chi connectivity index (χ0n) is 7.31. The smallest absolute Gasteiger partial charge is 0.342 e. The molecule has 0 aliphatic heterocycles. The lowest BCUT2D eigenvalue weighted by atomic mass is 10.1. The number of rotatable bonds is 3. The Hall–Kier alpha value is -1.01. The highest BCUT2D eigenvalue weighted by Gasteiger charge is 2.12. The third kappa shape index (κ3) is 3.06. The molecule has 0 rings (SSSR count). The Bertz CT molecular complexity index is 186. The van der Waals surface area contributed by atoms with E-state index in [1.807, 2.05) is 13.8 Å². The van der Waals surface area contributed by atoms with Crippen LogP contribution in [0.2, 0.25) is 0 Å². The van der Waals surface area contributed by atoms with Crippen molar-refractivity contribution in [2.75, 3.05) is 6.61 Å². The van der Waals surface area contributed by atoms with Gasteiger partial charge in [-0.05, 0) is 12.8 Å². The molecule has 0 aromatic heterocycles. The van der Waals surface area contributed by atoms with Gasteiger partial charge in [0.2, 0.25) is 0 Å². The van der Waals surface area contributed by atoms with Crippen molar-refractivity contribution >= 4 is 5.97 Å². The van der Waals surface area contributed by atoms with Gasteiger partial charge in [-0.1, -0.05) is 20.4 Å². The standard InChI is InChI=1S/C9H14O2/c1-5-8(7(3)4)9(10)11-6-2/h7H,1,6H2,2-4H3. The SMILES string of the molecule is C=C=C(C(=O)OCC)C(C)C. The van der Waals surface area contributed by atoms with Gasteiger partial charge in [-0.2, -0.15) is 0 Å². The number of carbonyl (C=O) groups is 1. The molecule has 0 atom stereocenters. The van der Waals surface area contributed by atoms with E-state index in [2.05, 4.69) is 12.3 Å². The number of hydrogen-bond acceptors (Lipinski definition) is 2. The van der Waals surface area contributed by atoms with Crippen LogP contribution in [0, 0.1) is 5.92 Å². The Morgan fingerprint density at radius 3 is 2.45 bits per heavy atom. The third-order valence-electron chi connectivity index (χ3n) is 1.26. The topological polar surface area (TPSA) is 26.3 Å². The first-order valence-corrected chi connectivity index (χ1v) is 3.70. The van der Waals surface area contributed by atoms with Crippen molar-refractivity contribution in [3.05, 3.63) is 17.9 Å². The predicted molar refractivity (Wildman–Crippen MR) is 44.1 cm³/mol. The Balaban J connectivity index is 4.29. The fourth-order valence-corrected chi connectivity index (χ4v) is 0.721. The van der Waals surface area contributed by atoms with Crippen LogP contribution < -0.4 is 0 Å². The summed E-state index contributed by atoms with van der Waals surface area (Å²) in [6.45, 7) is 9.41. The van der Waals surface area contributed by atoms with Gasteiger partial charge in [-0.3, -0.25) is 0 Å². The van der Waals surface area contributed by atoms with E-state index in [1.165, 1.54) is 0 Å². The van der Waals surface area contributed by atoms with Gasteiger partial charge in [-0.15, -0.1) is 5.73 Å². The summed E-state index contributed by atoms with van der Waals surface area (Å²) in [6, 6.07) is 0. The first kappa shape index (κ1) is 9.99. The molecular formula is C9H14O2. The van der Waals surface area contributed by atoms with Crippen LogP contribution in [0.1, 0.15) is 20.8 Å². The number of esters is 1. The van der Waals surface area contributed by atoms with Gasteiger partial charge in [0.1, 0.15) is 0 Å². The number of hydrogen-bond donors (Lipinski definition) is 0. The molecule has 0 aromatic rings. The molecule has 0 saturated carbocycles. The fraction of sp³-hybridized carbons (Fsp3) is 0.556. The molecule has 0 unspecified atom stereocenters. The van der Waals surface area contributed by atoms with Gasteiger partial charge >= 0.3 is 5.97 Å². The summed E-state index contributed by atoms with van der Waals surface area (Å²) in [5.41, 5.74) is 3.10. The second-order valence-corrected chi connectivity index (χ2v) is 2.47. The lowest BCUT2D eigenvalue weighted by Crippen LogP contribution is -2.11. The van der Waals surface area contributed by atoms with E-state index in [0.29, 0.717) is 12.2 Å². The highest BCUT2D eigenvalue weighted by atomic mass is 16.5. The quantitative estimate of drug-likeness (QED) is 0.352. The molecular weight excluding hydrogens is 140 g/mol. The second kappa shape index (κ2) is 4.75. The molecule has 0 N–H and O–H groups in total. The summed E-state index contributed by atoms with van der Waals surface area (Å²) in [4.78, 5) is 11.1. The van der Waals surface area contributed by atoms with E-state index < -0.39 is 0 Å². The number of carbonyl (C=O) groups excluding carboxylic acids is 1. The van der Waals surface area contributed by atoms with Crippen LogP contribution in [0.4, 0.5) is 0 Å². The maximum atomic E-state index is 11.1. The van der Waals surface area contributed by atoms with Crippen LogP contribution in [0.3, 0.4) is 0 Å². The molecule has 0 radical (unpaired) electrons. The monoisotopic (exact) mass is 154 g/mol. The van der Waals surface area contributed by atoms with Gasteiger partial charge in [0.05, 0.1) is 12.2 Å². The summed E-state index contributed by atoms with van der Waals surface area (Å²) >= 11 is 0.